The van der Waals surface area contributed by atoms with Gasteiger partial charge in [-0.05, 0) is 25.1 Å². The molecule has 0 saturated heterocycles. The summed E-state index contributed by atoms with van der Waals surface area (Å²) in [5.74, 6) is -11.1. The van der Waals surface area contributed by atoms with Gasteiger partial charge in [-0.1, -0.05) is 23.2 Å². The summed E-state index contributed by atoms with van der Waals surface area (Å²) in [6.07, 6.45) is -5.73. The lowest BCUT2D eigenvalue weighted by Gasteiger charge is -2.30. The molecule has 0 aromatic heterocycles. The molecule has 4 N–H and O–H groups in total. The van der Waals surface area contributed by atoms with Crippen molar-refractivity contribution in [3.8, 4) is 0 Å². The number of alkyl halides is 6. The van der Waals surface area contributed by atoms with Gasteiger partial charge >= 0.3 is 18.0 Å². The van der Waals surface area contributed by atoms with Gasteiger partial charge in [0, 0.05) is 12.1 Å². The number of anilines is 1. The Morgan fingerprint density at radius 1 is 1.04 bits per heavy atom. The van der Waals surface area contributed by atoms with Crippen LogP contribution in [0.15, 0.2) is 12.1 Å². The van der Waals surface area contributed by atoms with E-state index in [0.717, 1.165) is 0 Å². The third-order valence-electron chi connectivity index (χ3n) is 2.88. The number of benzene rings is 1. The quantitative estimate of drug-likeness (QED) is 0.511. The fourth-order valence-electron chi connectivity index (χ4n) is 1.61. The predicted octanol–water partition coefficient (Wildman–Crippen LogP) is 4.07. The number of nitrogens with two attached hydrogens (primary N) is 1. The fourth-order valence-corrected chi connectivity index (χ4v) is 2.23. The molecular formula is C12H12Cl2F6N2O. The molecule has 1 atom stereocenters. The maximum atomic E-state index is 13.7. The van der Waals surface area contributed by atoms with Gasteiger partial charge in [-0.25, -0.2) is 0 Å². The Labute approximate surface area is 137 Å². The minimum atomic E-state index is -6.21. The minimum Gasteiger partial charge on any atom is -0.383 e. The van der Waals surface area contributed by atoms with Crippen molar-refractivity contribution < 1.29 is 31.4 Å². The molecule has 0 radical (unpaired) electrons. The lowest BCUT2D eigenvalue weighted by Crippen LogP contribution is -2.53. The molecule has 0 spiro atoms. The SMILES string of the molecule is NCCCNc1c(Cl)cc(C(F)(F)C(O)(F)C(F)(F)F)cc1Cl. The van der Waals surface area contributed by atoms with Crippen LogP contribution in [0.3, 0.4) is 0 Å². The van der Waals surface area contributed by atoms with Crippen molar-refractivity contribution in [1.82, 2.24) is 0 Å². The van der Waals surface area contributed by atoms with Crippen LogP contribution in [0, 0.1) is 0 Å². The second kappa shape index (κ2) is 6.92. The Hall–Kier alpha value is -0.900. The molecule has 1 aromatic rings. The zero-order valence-electron chi connectivity index (χ0n) is 11.3. The van der Waals surface area contributed by atoms with Gasteiger partial charge in [-0.15, -0.1) is 0 Å². The van der Waals surface area contributed by atoms with Crippen molar-refractivity contribution in [2.45, 2.75) is 24.4 Å². The number of nitrogens with one attached hydrogen (secondary N) is 1. The molecule has 3 nitrogen and oxygen atoms in total. The Balaban J connectivity index is 3.24. The average Bonchev–Trinajstić information content (AvgIpc) is 2.40. The zero-order chi connectivity index (χ0) is 18.1. The van der Waals surface area contributed by atoms with Crippen LogP contribution in [0.4, 0.5) is 32.0 Å². The third kappa shape index (κ3) is 3.96. The van der Waals surface area contributed by atoms with Gasteiger partial charge in [-0.2, -0.15) is 26.3 Å². The molecule has 0 amide bonds. The highest BCUT2D eigenvalue weighted by atomic mass is 35.5. The van der Waals surface area contributed by atoms with Crippen LogP contribution in [0.1, 0.15) is 12.0 Å². The first-order valence-electron chi connectivity index (χ1n) is 6.15. The molecule has 0 saturated carbocycles. The maximum Gasteiger partial charge on any atom is 0.455 e. The van der Waals surface area contributed by atoms with Crippen LogP contribution in [0.5, 0.6) is 0 Å². The molecular weight excluding hydrogens is 373 g/mol. The molecule has 0 heterocycles. The van der Waals surface area contributed by atoms with Crippen molar-refractivity contribution in [1.29, 1.82) is 0 Å². The van der Waals surface area contributed by atoms with E-state index in [0.29, 0.717) is 25.1 Å². The van der Waals surface area contributed by atoms with Crippen molar-refractivity contribution in [3.63, 3.8) is 0 Å². The van der Waals surface area contributed by atoms with Gasteiger partial charge < -0.3 is 16.2 Å². The van der Waals surface area contributed by atoms with Crippen LogP contribution in [-0.2, 0) is 5.92 Å². The Morgan fingerprint density at radius 3 is 1.91 bits per heavy atom. The predicted molar refractivity (Wildman–Crippen MR) is 74.6 cm³/mol. The highest BCUT2D eigenvalue weighted by molar-refractivity contribution is 6.39. The zero-order valence-corrected chi connectivity index (χ0v) is 12.8. The topological polar surface area (TPSA) is 58.3 Å². The molecule has 23 heavy (non-hydrogen) atoms. The van der Waals surface area contributed by atoms with Crippen molar-refractivity contribution in [2.24, 2.45) is 5.73 Å². The first-order chi connectivity index (χ1) is 10.4. The molecule has 0 bridgehead atoms. The Morgan fingerprint density at radius 2 is 1.52 bits per heavy atom. The summed E-state index contributed by atoms with van der Waals surface area (Å²) in [7, 11) is 0. The summed E-state index contributed by atoms with van der Waals surface area (Å²) in [5, 5.41) is 10.3. The van der Waals surface area contributed by atoms with E-state index in [9.17, 15) is 26.3 Å². The van der Waals surface area contributed by atoms with Gasteiger partial charge in [0.1, 0.15) is 0 Å². The molecule has 1 unspecified atom stereocenters. The van der Waals surface area contributed by atoms with E-state index in [1.54, 1.807) is 0 Å². The van der Waals surface area contributed by atoms with Gasteiger partial charge in [0.15, 0.2) is 0 Å². The summed E-state index contributed by atoms with van der Waals surface area (Å²) in [6, 6.07) is 0.795. The van der Waals surface area contributed by atoms with Gasteiger partial charge in [-0.3, -0.25) is 0 Å². The van der Waals surface area contributed by atoms with Crippen LogP contribution in [0.2, 0.25) is 10.0 Å². The van der Waals surface area contributed by atoms with E-state index in [2.05, 4.69) is 5.32 Å². The van der Waals surface area contributed by atoms with E-state index < -0.39 is 33.6 Å². The van der Waals surface area contributed by atoms with Crippen molar-refractivity contribution >= 4 is 28.9 Å². The van der Waals surface area contributed by atoms with E-state index in [1.165, 1.54) is 0 Å². The maximum absolute atomic E-state index is 13.7. The van der Waals surface area contributed by atoms with Gasteiger partial charge in [0.05, 0.1) is 15.7 Å². The summed E-state index contributed by atoms with van der Waals surface area (Å²) in [5.41, 5.74) is 3.72. The molecule has 1 aromatic carbocycles. The van der Waals surface area contributed by atoms with Crippen LogP contribution in [-0.4, -0.2) is 30.2 Å². The molecule has 1 rings (SSSR count). The highest BCUT2D eigenvalue weighted by Gasteiger charge is 2.71. The summed E-state index contributed by atoms with van der Waals surface area (Å²) >= 11 is 11.4. The molecule has 0 aliphatic rings. The smallest absolute Gasteiger partial charge is 0.383 e. The van der Waals surface area contributed by atoms with Crippen molar-refractivity contribution in [3.05, 3.63) is 27.7 Å². The third-order valence-corrected chi connectivity index (χ3v) is 3.48. The Bertz CT molecular complexity index is 542. The van der Waals surface area contributed by atoms with Gasteiger partial charge in [0.2, 0.25) is 0 Å². The van der Waals surface area contributed by atoms with E-state index in [-0.39, 0.29) is 12.2 Å². The number of aliphatic hydroxyl groups is 1. The van der Waals surface area contributed by atoms with E-state index >= 15 is 0 Å². The molecule has 0 fully saturated rings. The molecule has 0 aliphatic carbocycles. The summed E-state index contributed by atoms with van der Waals surface area (Å²) < 4.78 is 77.6. The van der Waals surface area contributed by atoms with Crippen LogP contribution < -0.4 is 11.1 Å². The first-order valence-corrected chi connectivity index (χ1v) is 6.91. The number of halogens is 8. The standard InChI is InChI=1S/C12H12Cl2F6N2O/c13-7-4-6(5-8(14)9(7)22-3-1-2-21)10(15,16)11(17,23)12(18,19)20/h4-5,22-23H,1-3,21H2. The summed E-state index contributed by atoms with van der Waals surface area (Å²) in [4.78, 5) is 0. The van der Waals surface area contributed by atoms with Crippen LogP contribution >= 0.6 is 23.2 Å². The van der Waals surface area contributed by atoms with Crippen LogP contribution in [0.25, 0.3) is 0 Å². The molecule has 11 heteroatoms. The lowest BCUT2D eigenvalue weighted by atomic mass is 10.00. The largest absolute Gasteiger partial charge is 0.455 e. The normalized spacial score (nSPS) is 15.4. The van der Waals surface area contributed by atoms with E-state index in [1.807, 2.05) is 0 Å². The average molecular weight is 385 g/mol. The second-order valence-electron chi connectivity index (χ2n) is 4.58. The van der Waals surface area contributed by atoms with Crippen molar-refractivity contribution in [2.75, 3.05) is 18.4 Å². The number of hydrogen-bond acceptors (Lipinski definition) is 3. The fraction of sp³-hybridized carbons (Fsp3) is 0.500. The Kier molecular flexibility index (Phi) is 6.06. The first kappa shape index (κ1) is 20.1. The second-order valence-corrected chi connectivity index (χ2v) is 5.39. The monoisotopic (exact) mass is 384 g/mol. The number of hydrogen-bond donors (Lipinski definition) is 3. The number of rotatable bonds is 6. The summed E-state index contributed by atoms with van der Waals surface area (Å²) in [6.45, 7) is 0.597. The minimum absolute atomic E-state index is 0.0178. The highest BCUT2D eigenvalue weighted by Crippen LogP contribution is 2.50. The van der Waals surface area contributed by atoms with E-state index in [4.69, 9.17) is 34.0 Å². The molecule has 0 aliphatic heterocycles. The lowest BCUT2D eigenvalue weighted by molar-refractivity contribution is -0.390. The molecule has 132 valence electrons. The van der Waals surface area contributed by atoms with Gasteiger partial charge in [0.25, 0.3) is 0 Å².